The van der Waals surface area contributed by atoms with Gasteiger partial charge in [0.1, 0.15) is 5.60 Å². The van der Waals surface area contributed by atoms with Crippen LogP contribution in [0.3, 0.4) is 0 Å². The number of carbonyl (C=O) groups is 1. The fourth-order valence-corrected chi connectivity index (χ4v) is 2.69. The number of hydrogen-bond donors (Lipinski definition) is 2. The molecule has 0 saturated heterocycles. The molecule has 4 heteroatoms. The molecule has 0 aromatic rings. The van der Waals surface area contributed by atoms with Gasteiger partial charge in [-0.25, -0.2) is 4.79 Å². The average molecular weight is 284 g/mol. The van der Waals surface area contributed by atoms with Gasteiger partial charge in [-0.2, -0.15) is 0 Å². The number of ether oxygens (including phenoxy) is 1. The lowest BCUT2D eigenvalue weighted by Gasteiger charge is -2.23. The van der Waals surface area contributed by atoms with Crippen LogP contribution >= 0.6 is 0 Å². The lowest BCUT2D eigenvalue weighted by molar-refractivity contribution is 0.0521. The Labute approximate surface area is 124 Å². The van der Waals surface area contributed by atoms with Crippen LogP contribution in [0.1, 0.15) is 66.2 Å². The molecule has 1 fully saturated rings. The van der Waals surface area contributed by atoms with Crippen molar-refractivity contribution in [3.05, 3.63) is 0 Å². The summed E-state index contributed by atoms with van der Waals surface area (Å²) in [5, 5.41) is 6.49. The molecule has 1 rings (SSSR count). The molecule has 1 atom stereocenters. The standard InChI is InChI=1S/C16H32N2O2/c1-5-8-14(17-11-13-9-6-7-10-13)12-18-15(19)20-16(2,3)4/h13-14,17H,5-12H2,1-4H3,(H,18,19). The van der Waals surface area contributed by atoms with E-state index in [1.54, 1.807) is 0 Å². The topological polar surface area (TPSA) is 50.4 Å². The zero-order valence-corrected chi connectivity index (χ0v) is 13.6. The molecule has 1 aliphatic rings. The average Bonchev–Trinajstić information content (AvgIpc) is 2.83. The van der Waals surface area contributed by atoms with Gasteiger partial charge < -0.3 is 15.4 Å². The summed E-state index contributed by atoms with van der Waals surface area (Å²) in [5.41, 5.74) is -0.429. The summed E-state index contributed by atoms with van der Waals surface area (Å²) in [5.74, 6) is 0.830. The molecule has 1 amide bonds. The minimum absolute atomic E-state index is 0.318. The normalized spacial score (nSPS) is 18.0. The Hall–Kier alpha value is -0.770. The van der Waals surface area contributed by atoms with Crippen LogP contribution in [-0.2, 0) is 4.74 Å². The molecule has 4 nitrogen and oxygen atoms in total. The van der Waals surface area contributed by atoms with E-state index >= 15 is 0 Å². The van der Waals surface area contributed by atoms with Crippen molar-refractivity contribution in [1.82, 2.24) is 10.6 Å². The van der Waals surface area contributed by atoms with Crippen LogP contribution in [0.25, 0.3) is 0 Å². The quantitative estimate of drug-likeness (QED) is 0.752. The predicted octanol–water partition coefficient (Wildman–Crippen LogP) is 3.46. The summed E-state index contributed by atoms with van der Waals surface area (Å²) in [6, 6.07) is 0.355. The molecular weight excluding hydrogens is 252 g/mol. The van der Waals surface area contributed by atoms with E-state index in [0.29, 0.717) is 12.6 Å². The first-order chi connectivity index (χ1) is 9.40. The Morgan fingerprint density at radius 1 is 1.30 bits per heavy atom. The first kappa shape index (κ1) is 17.3. The maximum Gasteiger partial charge on any atom is 0.407 e. The van der Waals surface area contributed by atoms with Gasteiger partial charge >= 0.3 is 6.09 Å². The van der Waals surface area contributed by atoms with Gasteiger partial charge in [0.15, 0.2) is 0 Å². The highest BCUT2D eigenvalue weighted by molar-refractivity contribution is 5.67. The van der Waals surface area contributed by atoms with E-state index < -0.39 is 5.60 Å². The lowest BCUT2D eigenvalue weighted by Crippen LogP contribution is -2.43. The van der Waals surface area contributed by atoms with Crippen molar-refractivity contribution < 1.29 is 9.53 Å². The molecule has 0 aromatic carbocycles. The third kappa shape index (κ3) is 7.73. The van der Waals surface area contributed by atoms with Crippen LogP contribution in [0.4, 0.5) is 4.79 Å². The van der Waals surface area contributed by atoms with Gasteiger partial charge in [0, 0.05) is 12.6 Å². The second-order valence-electron chi connectivity index (χ2n) is 6.93. The van der Waals surface area contributed by atoms with Crippen LogP contribution in [0.2, 0.25) is 0 Å². The van der Waals surface area contributed by atoms with Gasteiger partial charge in [0.05, 0.1) is 0 Å². The summed E-state index contributed by atoms with van der Waals surface area (Å²) < 4.78 is 5.27. The van der Waals surface area contributed by atoms with Crippen LogP contribution in [0, 0.1) is 5.92 Å². The van der Waals surface area contributed by atoms with Crippen LogP contribution in [0.15, 0.2) is 0 Å². The summed E-state index contributed by atoms with van der Waals surface area (Å²) in [6.45, 7) is 9.56. The fraction of sp³-hybridized carbons (Fsp3) is 0.938. The molecule has 1 saturated carbocycles. The number of alkyl carbamates (subject to hydrolysis) is 1. The third-order valence-electron chi connectivity index (χ3n) is 3.70. The highest BCUT2D eigenvalue weighted by Gasteiger charge is 2.19. The minimum atomic E-state index is -0.429. The molecule has 20 heavy (non-hydrogen) atoms. The van der Waals surface area contributed by atoms with Crippen molar-refractivity contribution >= 4 is 6.09 Å². The van der Waals surface area contributed by atoms with Gasteiger partial charge in [0.2, 0.25) is 0 Å². The van der Waals surface area contributed by atoms with Crippen molar-refractivity contribution in [3.8, 4) is 0 Å². The molecule has 118 valence electrons. The molecule has 1 unspecified atom stereocenters. The summed E-state index contributed by atoms with van der Waals surface area (Å²) >= 11 is 0. The van der Waals surface area contributed by atoms with Gasteiger partial charge in [-0.05, 0) is 52.5 Å². The molecule has 1 aliphatic carbocycles. The number of rotatable bonds is 7. The Bertz CT molecular complexity index is 281. The number of amides is 1. The van der Waals surface area contributed by atoms with E-state index in [1.165, 1.54) is 25.7 Å². The second kappa shape index (κ2) is 8.50. The van der Waals surface area contributed by atoms with E-state index in [4.69, 9.17) is 4.74 Å². The molecule has 0 radical (unpaired) electrons. The Morgan fingerprint density at radius 3 is 2.50 bits per heavy atom. The molecule has 0 aromatic heterocycles. The SMILES string of the molecule is CCCC(CNC(=O)OC(C)(C)C)NCC1CCCC1. The molecule has 2 N–H and O–H groups in total. The van der Waals surface area contributed by atoms with Crippen LogP contribution < -0.4 is 10.6 Å². The van der Waals surface area contributed by atoms with Crippen LogP contribution in [0.5, 0.6) is 0 Å². The van der Waals surface area contributed by atoms with Crippen molar-refractivity contribution in [1.29, 1.82) is 0 Å². The van der Waals surface area contributed by atoms with E-state index in [9.17, 15) is 4.79 Å². The molecule has 0 heterocycles. The van der Waals surface area contributed by atoms with Gasteiger partial charge in [-0.15, -0.1) is 0 Å². The van der Waals surface area contributed by atoms with Crippen molar-refractivity contribution in [2.24, 2.45) is 5.92 Å². The zero-order chi connectivity index (χ0) is 15.0. The van der Waals surface area contributed by atoms with Crippen LogP contribution in [-0.4, -0.2) is 30.8 Å². The van der Waals surface area contributed by atoms with Gasteiger partial charge in [0.25, 0.3) is 0 Å². The number of carbonyl (C=O) groups excluding carboxylic acids is 1. The van der Waals surface area contributed by atoms with Gasteiger partial charge in [-0.1, -0.05) is 26.2 Å². The van der Waals surface area contributed by atoms with Crippen molar-refractivity contribution in [2.45, 2.75) is 77.9 Å². The lowest BCUT2D eigenvalue weighted by atomic mass is 10.1. The Balaban J connectivity index is 2.25. The molecule has 0 bridgehead atoms. The molecule has 0 aliphatic heterocycles. The summed E-state index contributed by atoms with van der Waals surface area (Å²) in [7, 11) is 0. The van der Waals surface area contributed by atoms with Gasteiger partial charge in [-0.3, -0.25) is 0 Å². The summed E-state index contributed by atoms with van der Waals surface area (Å²) in [6.07, 6.45) is 7.35. The van der Waals surface area contributed by atoms with Crippen molar-refractivity contribution in [3.63, 3.8) is 0 Å². The minimum Gasteiger partial charge on any atom is -0.444 e. The highest BCUT2D eigenvalue weighted by atomic mass is 16.6. The smallest absolute Gasteiger partial charge is 0.407 e. The van der Waals surface area contributed by atoms with Crippen molar-refractivity contribution in [2.75, 3.05) is 13.1 Å². The third-order valence-corrected chi connectivity index (χ3v) is 3.70. The maximum atomic E-state index is 11.7. The largest absolute Gasteiger partial charge is 0.444 e. The predicted molar refractivity (Wildman–Crippen MR) is 82.9 cm³/mol. The Morgan fingerprint density at radius 2 is 1.95 bits per heavy atom. The first-order valence-corrected chi connectivity index (χ1v) is 8.11. The zero-order valence-electron chi connectivity index (χ0n) is 13.6. The maximum absolute atomic E-state index is 11.7. The molecule has 0 spiro atoms. The monoisotopic (exact) mass is 284 g/mol. The molecular formula is C16H32N2O2. The highest BCUT2D eigenvalue weighted by Crippen LogP contribution is 2.23. The fourth-order valence-electron chi connectivity index (χ4n) is 2.69. The number of nitrogens with one attached hydrogen (secondary N) is 2. The Kier molecular flexibility index (Phi) is 7.35. The summed E-state index contributed by atoms with van der Waals surface area (Å²) in [4.78, 5) is 11.7. The van der Waals surface area contributed by atoms with E-state index in [-0.39, 0.29) is 6.09 Å². The number of hydrogen-bond acceptors (Lipinski definition) is 3. The van der Waals surface area contributed by atoms with E-state index in [1.807, 2.05) is 20.8 Å². The van der Waals surface area contributed by atoms with E-state index in [0.717, 1.165) is 25.3 Å². The first-order valence-electron chi connectivity index (χ1n) is 8.11. The van der Waals surface area contributed by atoms with E-state index in [2.05, 4.69) is 17.6 Å². The second-order valence-corrected chi connectivity index (χ2v) is 6.93.